The third-order valence-electron chi connectivity index (χ3n) is 2.62. The highest BCUT2D eigenvalue weighted by Gasteiger charge is 2.25. The van der Waals surface area contributed by atoms with Crippen LogP contribution in [0.25, 0.3) is 0 Å². The normalized spacial score (nSPS) is 41.2. The molecule has 3 atom stereocenters. The molecule has 58 valence electrons. The monoisotopic (exact) mass is 140 g/mol. The van der Waals surface area contributed by atoms with Crippen LogP contribution < -0.4 is 0 Å². The van der Waals surface area contributed by atoms with E-state index in [-0.39, 0.29) is 6.10 Å². The average molecular weight is 140 g/mol. The molecule has 1 fully saturated rings. The fourth-order valence-corrected chi connectivity index (χ4v) is 1.71. The van der Waals surface area contributed by atoms with E-state index in [0.29, 0.717) is 11.8 Å². The first-order valence-electron chi connectivity index (χ1n) is 4.06. The van der Waals surface area contributed by atoms with Gasteiger partial charge in [0.1, 0.15) is 0 Å². The van der Waals surface area contributed by atoms with Crippen LogP contribution in [0.5, 0.6) is 0 Å². The number of hydrogen-bond donors (Lipinski definition) is 1. The van der Waals surface area contributed by atoms with Gasteiger partial charge in [0, 0.05) is 0 Å². The van der Waals surface area contributed by atoms with Crippen LogP contribution in [0.1, 0.15) is 26.2 Å². The van der Waals surface area contributed by atoms with Crippen LogP contribution in [-0.4, -0.2) is 11.2 Å². The van der Waals surface area contributed by atoms with E-state index in [0.717, 1.165) is 12.8 Å². The summed E-state index contributed by atoms with van der Waals surface area (Å²) in [7, 11) is 0. The smallest absolute Gasteiger partial charge is 0.0571 e. The molecule has 1 aliphatic rings. The van der Waals surface area contributed by atoms with Gasteiger partial charge in [-0.1, -0.05) is 19.4 Å². The minimum Gasteiger partial charge on any atom is -0.393 e. The molecule has 0 spiro atoms. The summed E-state index contributed by atoms with van der Waals surface area (Å²) in [4.78, 5) is 0. The average Bonchev–Trinajstić information content (AvgIpc) is 1.95. The van der Waals surface area contributed by atoms with Gasteiger partial charge < -0.3 is 5.11 Å². The minimum atomic E-state index is -0.0863. The van der Waals surface area contributed by atoms with Crippen molar-refractivity contribution in [1.29, 1.82) is 0 Å². The van der Waals surface area contributed by atoms with Gasteiger partial charge in [0.2, 0.25) is 0 Å². The largest absolute Gasteiger partial charge is 0.393 e. The lowest BCUT2D eigenvalue weighted by Crippen LogP contribution is -2.28. The topological polar surface area (TPSA) is 20.2 Å². The van der Waals surface area contributed by atoms with Gasteiger partial charge in [0.15, 0.2) is 0 Å². The van der Waals surface area contributed by atoms with E-state index in [1.54, 1.807) is 0 Å². The molecule has 0 heterocycles. The molecule has 10 heavy (non-hydrogen) atoms. The first kappa shape index (κ1) is 7.80. The van der Waals surface area contributed by atoms with Crippen LogP contribution in [0.2, 0.25) is 0 Å². The van der Waals surface area contributed by atoms with Crippen molar-refractivity contribution in [2.45, 2.75) is 32.3 Å². The zero-order valence-electron chi connectivity index (χ0n) is 6.59. The molecular weight excluding hydrogens is 124 g/mol. The predicted octanol–water partition coefficient (Wildman–Crippen LogP) is 1.97. The van der Waals surface area contributed by atoms with E-state index in [2.05, 4.69) is 13.5 Å². The molecule has 1 saturated carbocycles. The fourth-order valence-electron chi connectivity index (χ4n) is 1.71. The van der Waals surface area contributed by atoms with E-state index in [4.69, 9.17) is 0 Å². The Morgan fingerprint density at radius 2 is 2.20 bits per heavy atom. The molecule has 0 amide bonds. The van der Waals surface area contributed by atoms with Crippen LogP contribution in [0.3, 0.4) is 0 Å². The minimum absolute atomic E-state index is 0.0863. The lowest BCUT2D eigenvalue weighted by molar-refractivity contribution is 0.0571. The maximum absolute atomic E-state index is 9.43. The zero-order chi connectivity index (χ0) is 7.56. The Kier molecular flexibility index (Phi) is 2.50. The highest BCUT2D eigenvalue weighted by molar-refractivity contribution is 4.89. The molecule has 1 nitrogen and oxygen atoms in total. The van der Waals surface area contributed by atoms with E-state index >= 15 is 0 Å². The molecule has 0 saturated heterocycles. The Morgan fingerprint density at radius 3 is 2.70 bits per heavy atom. The van der Waals surface area contributed by atoms with Gasteiger partial charge in [-0.2, -0.15) is 0 Å². The Morgan fingerprint density at radius 1 is 1.50 bits per heavy atom. The van der Waals surface area contributed by atoms with Gasteiger partial charge in [-0.15, -0.1) is 6.58 Å². The van der Waals surface area contributed by atoms with Crippen molar-refractivity contribution in [3.8, 4) is 0 Å². The number of aliphatic hydroxyl groups is 1. The molecule has 1 heteroatoms. The van der Waals surface area contributed by atoms with Gasteiger partial charge in [0.25, 0.3) is 0 Å². The maximum Gasteiger partial charge on any atom is 0.0571 e. The van der Waals surface area contributed by atoms with Crippen LogP contribution in [-0.2, 0) is 0 Å². The maximum atomic E-state index is 9.43. The lowest BCUT2D eigenvalue weighted by atomic mass is 9.79. The standard InChI is InChI=1S/C9H16O/c1-3-8-5-4-6-9(10)7(8)2/h3,7-10H,1,4-6H2,2H3/t7-,8+,9+/m1/s1. The second-order valence-corrected chi connectivity index (χ2v) is 3.26. The van der Waals surface area contributed by atoms with Gasteiger partial charge in [0.05, 0.1) is 6.10 Å². The Hall–Kier alpha value is -0.300. The first-order valence-corrected chi connectivity index (χ1v) is 4.06. The molecule has 0 aromatic carbocycles. The lowest BCUT2D eigenvalue weighted by Gasteiger charge is -2.30. The summed E-state index contributed by atoms with van der Waals surface area (Å²) >= 11 is 0. The van der Waals surface area contributed by atoms with Crippen molar-refractivity contribution in [1.82, 2.24) is 0 Å². The van der Waals surface area contributed by atoms with Crippen molar-refractivity contribution in [2.24, 2.45) is 11.8 Å². The molecule has 1 rings (SSSR count). The predicted molar refractivity (Wildman–Crippen MR) is 42.7 cm³/mol. The molecule has 1 N–H and O–H groups in total. The van der Waals surface area contributed by atoms with E-state index < -0.39 is 0 Å². The van der Waals surface area contributed by atoms with Crippen molar-refractivity contribution in [2.75, 3.05) is 0 Å². The number of hydrogen-bond acceptors (Lipinski definition) is 1. The third kappa shape index (κ3) is 1.40. The van der Waals surface area contributed by atoms with Crippen LogP contribution in [0.4, 0.5) is 0 Å². The molecule has 0 aromatic heterocycles. The second kappa shape index (κ2) is 3.20. The summed E-state index contributed by atoms with van der Waals surface area (Å²) < 4.78 is 0. The van der Waals surface area contributed by atoms with Gasteiger partial charge in [-0.05, 0) is 24.7 Å². The van der Waals surface area contributed by atoms with Crippen molar-refractivity contribution < 1.29 is 5.11 Å². The second-order valence-electron chi connectivity index (χ2n) is 3.26. The molecule has 0 aliphatic heterocycles. The summed E-state index contributed by atoms with van der Waals surface area (Å²) in [5.74, 6) is 0.968. The highest BCUT2D eigenvalue weighted by Crippen LogP contribution is 2.30. The molecular formula is C9H16O. The summed E-state index contributed by atoms with van der Waals surface area (Å²) in [6.07, 6.45) is 5.24. The van der Waals surface area contributed by atoms with Crippen molar-refractivity contribution in [3.63, 3.8) is 0 Å². The Balaban J connectivity index is 2.50. The Bertz CT molecular complexity index is 120. The highest BCUT2D eigenvalue weighted by atomic mass is 16.3. The van der Waals surface area contributed by atoms with Crippen LogP contribution >= 0.6 is 0 Å². The molecule has 0 bridgehead atoms. The van der Waals surface area contributed by atoms with E-state index in [1.165, 1.54) is 6.42 Å². The van der Waals surface area contributed by atoms with Crippen molar-refractivity contribution >= 4 is 0 Å². The summed E-state index contributed by atoms with van der Waals surface area (Å²) in [5, 5.41) is 9.43. The molecule has 0 radical (unpaired) electrons. The SMILES string of the molecule is C=C[C@H]1CCC[C@H](O)[C@@H]1C. The van der Waals surface area contributed by atoms with E-state index in [1.807, 2.05) is 6.08 Å². The molecule has 0 aromatic rings. The molecule has 0 unspecified atom stereocenters. The third-order valence-corrected chi connectivity index (χ3v) is 2.62. The number of aliphatic hydroxyl groups excluding tert-OH is 1. The van der Waals surface area contributed by atoms with Crippen LogP contribution in [0.15, 0.2) is 12.7 Å². The quantitative estimate of drug-likeness (QED) is 0.552. The number of allylic oxidation sites excluding steroid dienone is 1. The zero-order valence-corrected chi connectivity index (χ0v) is 6.59. The number of rotatable bonds is 1. The summed E-state index contributed by atoms with van der Waals surface area (Å²) in [6, 6.07) is 0. The fraction of sp³-hybridized carbons (Fsp3) is 0.778. The Labute approximate surface area is 62.8 Å². The van der Waals surface area contributed by atoms with Gasteiger partial charge in [-0.3, -0.25) is 0 Å². The van der Waals surface area contributed by atoms with Crippen LogP contribution in [0, 0.1) is 11.8 Å². The van der Waals surface area contributed by atoms with Crippen molar-refractivity contribution in [3.05, 3.63) is 12.7 Å². The molecule has 1 aliphatic carbocycles. The summed E-state index contributed by atoms with van der Waals surface area (Å²) in [5.41, 5.74) is 0. The van der Waals surface area contributed by atoms with Gasteiger partial charge in [-0.25, -0.2) is 0 Å². The summed E-state index contributed by atoms with van der Waals surface area (Å²) in [6.45, 7) is 5.87. The van der Waals surface area contributed by atoms with E-state index in [9.17, 15) is 5.11 Å². The van der Waals surface area contributed by atoms with Gasteiger partial charge >= 0.3 is 0 Å². The first-order chi connectivity index (χ1) is 4.75.